The van der Waals surface area contributed by atoms with Crippen LogP contribution in [-0.4, -0.2) is 47.7 Å². The third-order valence-electron chi connectivity index (χ3n) is 3.91. The van der Waals surface area contributed by atoms with E-state index in [9.17, 15) is 4.79 Å². The maximum Gasteiger partial charge on any atom is 0.275 e. The van der Waals surface area contributed by atoms with Crippen molar-refractivity contribution in [2.24, 2.45) is 5.92 Å². The maximum atomic E-state index is 12.5. The number of likely N-dealkylation sites (tertiary alicyclic amines) is 1. The Hall–Kier alpha value is -0.880. The summed E-state index contributed by atoms with van der Waals surface area (Å²) in [6.45, 7) is 6.83. The van der Waals surface area contributed by atoms with Gasteiger partial charge in [0.25, 0.3) is 5.91 Å². The van der Waals surface area contributed by atoms with Crippen LogP contribution in [0.3, 0.4) is 0 Å². The standard InChI is InChI=1S/C14H23BrN4O/c1-9(2)12-11(15)13(18-17-12)14(20)19-6-4-10(5-7-19)8-16-3/h9-10,16H,4-8H2,1-3H3,(H,17,18). The smallest absolute Gasteiger partial charge is 0.275 e. The molecule has 112 valence electrons. The number of aromatic amines is 1. The number of rotatable bonds is 4. The summed E-state index contributed by atoms with van der Waals surface area (Å²) in [7, 11) is 1.98. The average Bonchev–Trinajstić information content (AvgIpc) is 2.81. The molecule has 0 aromatic carbocycles. The van der Waals surface area contributed by atoms with Gasteiger partial charge in [-0.15, -0.1) is 0 Å². The molecule has 2 N–H and O–H groups in total. The summed E-state index contributed by atoms with van der Waals surface area (Å²) in [5, 5.41) is 10.4. The molecule has 0 saturated carbocycles. The monoisotopic (exact) mass is 342 g/mol. The van der Waals surface area contributed by atoms with Crippen molar-refractivity contribution in [2.75, 3.05) is 26.7 Å². The van der Waals surface area contributed by atoms with E-state index in [2.05, 4.69) is 45.3 Å². The van der Waals surface area contributed by atoms with Crippen LogP contribution in [0.4, 0.5) is 0 Å². The lowest BCUT2D eigenvalue weighted by atomic mass is 9.96. The zero-order chi connectivity index (χ0) is 14.7. The van der Waals surface area contributed by atoms with Crippen LogP contribution in [0.25, 0.3) is 0 Å². The van der Waals surface area contributed by atoms with Gasteiger partial charge in [-0.1, -0.05) is 13.8 Å². The van der Waals surface area contributed by atoms with Gasteiger partial charge in [-0.25, -0.2) is 0 Å². The van der Waals surface area contributed by atoms with Gasteiger partial charge >= 0.3 is 0 Å². The molecular formula is C14H23BrN4O. The van der Waals surface area contributed by atoms with E-state index in [4.69, 9.17) is 0 Å². The minimum atomic E-state index is 0.0305. The molecule has 1 aromatic rings. The molecule has 6 heteroatoms. The molecule has 0 aliphatic carbocycles. The third-order valence-corrected chi connectivity index (χ3v) is 4.71. The van der Waals surface area contributed by atoms with Crippen molar-refractivity contribution in [1.82, 2.24) is 20.4 Å². The molecule has 0 spiro atoms. The maximum absolute atomic E-state index is 12.5. The molecule has 0 unspecified atom stereocenters. The predicted molar refractivity (Wildman–Crippen MR) is 82.9 cm³/mol. The first-order chi connectivity index (χ1) is 9.54. The van der Waals surface area contributed by atoms with Crippen LogP contribution in [0.5, 0.6) is 0 Å². The highest BCUT2D eigenvalue weighted by Gasteiger charge is 2.27. The van der Waals surface area contributed by atoms with Crippen LogP contribution < -0.4 is 5.32 Å². The van der Waals surface area contributed by atoms with E-state index in [1.165, 1.54) is 0 Å². The first-order valence-corrected chi connectivity index (χ1v) is 8.01. The van der Waals surface area contributed by atoms with E-state index >= 15 is 0 Å². The first-order valence-electron chi connectivity index (χ1n) is 7.22. The first kappa shape index (κ1) is 15.5. The van der Waals surface area contributed by atoms with Gasteiger partial charge in [-0.2, -0.15) is 5.10 Å². The number of hydrogen-bond acceptors (Lipinski definition) is 3. The minimum Gasteiger partial charge on any atom is -0.337 e. The number of carbonyl (C=O) groups is 1. The number of nitrogens with zero attached hydrogens (tertiary/aromatic N) is 2. The van der Waals surface area contributed by atoms with Crippen LogP contribution in [0.1, 0.15) is 48.8 Å². The van der Waals surface area contributed by atoms with Crippen molar-refractivity contribution >= 4 is 21.8 Å². The van der Waals surface area contributed by atoms with E-state index in [1.54, 1.807) is 0 Å². The summed E-state index contributed by atoms with van der Waals surface area (Å²) < 4.78 is 0.815. The van der Waals surface area contributed by atoms with E-state index in [0.717, 1.165) is 42.6 Å². The van der Waals surface area contributed by atoms with Gasteiger partial charge in [0.05, 0.1) is 10.2 Å². The van der Waals surface area contributed by atoms with Crippen LogP contribution >= 0.6 is 15.9 Å². The molecule has 2 heterocycles. The normalized spacial score (nSPS) is 16.9. The van der Waals surface area contributed by atoms with E-state index in [1.807, 2.05) is 11.9 Å². The topological polar surface area (TPSA) is 61.0 Å². The molecule has 2 rings (SSSR count). The Morgan fingerprint density at radius 1 is 1.50 bits per heavy atom. The van der Waals surface area contributed by atoms with Crippen molar-refractivity contribution in [3.8, 4) is 0 Å². The Morgan fingerprint density at radius 3 is 2.65 bits per heavy atom. The van der Waals surface area contributed by atoms with Gasteiger partial charge in [0, 0.05) is 13.1 Å². The molecule has 1 amide bonds. The molecule has 0 bridgehead atoms. The molecule has 5 nitrogen and oxygen atoms in total. The van der Waals surface area contributed by atoms with Gasteiger partial charge < -0.3 is 10.2 Å². The SMILES string of the molecule is CNCC1CCN(C(=O)c2n[nH]c(C(C)C)c2Br)CC1. The van der Waals surface area contributed by atoms with E-state index in [0.29, 0.717) is 17.5 Å². The van der Waals surface area contributed by atoms with Crippen molar-refractivity contribution in [3.63, 3.8) is 0 Å². The fraction of sp³-hybridized carbons (Fsp3) is 0.714. The number of amides is 1. The van der Waals surface area contributed by atoms with Crippen molar-refractivity contribution < 1.29 is 4.79 Å². The lowest BCUT2D eigenvalue weighted by Crippen LogP contribution is -2.40. The second kappa shape index (κ2) is 6.72. The molecule has 1 aromatic heterocycles. The fourth-order valence-corrected chi connectivity index (χ4v) is 3.45. The van der Waals surface area contributed by atoms with Crippen molar-refractivity contribution in [2.45, 2.75) is 32.6 Å². The van der Waals surface area contributed by atoms with Gasteiger partial charge in [0.1, 0.15) is 0 Å². The highest BCUT2D eigenvalue weighted by atomic mass is 79.9. The highest BCUT2D eigenvalue weighted by Crippen LogP contribution is 2.27. The Kier molecular flexibility index (Phi) is 5.21. The van der Waals surface area contributed by atoms with Crippen molar-refractivity contribution in [3.05, 3.63) is 15.9 Å². The number of hydrogen-bond donors (Lipinski definition) is 2. The number of aromatic nitrogens is 2. The third kappa shape index (κ3) is 3.23. The second-order valence-corrected chi connectivity index (χ2v) is 6.54. The second-order valence-electron chi connectivity index (χ2n) is 5.75. The van der Waals surface area contributed by atoms with E-state index in [-0.39, 0.29) is 5.91 Å². The summed E-state index contributed by atoms with van der Waals surface area (Å²) in [6.07, 6.45) is 2.12. The van der Waals surface area contributed by atoms with Crippen LogP contribution in [0.15, 0.2) is 4.47 Å². The Bertz CT molecular complexity index is 464. The largest absolute Gasteiger partial charge is 0.337 e. The molecule has 1 saturated heterocycles. The van der Waals surface area contributed by atoms with Crippen LogP contribution in [0, 0.1) is 5.92 Å². The molecule has 0 atom stereocenters. The van der Waals surface area contributed by atoms with Crippen LogP contribution in [-0.2, 0) is 0 Å². The lowest BCUT2D eigenvalue weighted by molar-refractivity contribution is 0.0684. The van der Waals surface area contributed by atoms with Crippen LogP contribution in [0.2, 0.25) is 0 Å². The number of piperidine rings is 1. The number of H-pyrrole nitrogens is 1. The van der Waals surface area contributed by atoms with Crippen molar-refractivity contribution in [1.29, 1.82) is 0 Å². The summed E-state index contributed by atoms with van der Waals surface area (Å²) in [6, 6.07) is 0. The molecule has 1 aliphatic rings. The predicted octanol–water partition coefficient (Wildman–Crippen LogP) is 2.37. The van der Waals surface area contributed by atoms with E-state index < -0.39 is 0 Å². The quantitative estimate of drug-likeness (QED) is 0.882. The molecule has 1 fully saturated rings. The van der Waals surface area contributed by atoms with Gasteiger partial charge in [-0.05, 0) is 54.2 Å². The minimum absolute atomic E-state index is 0.0305. The lowest BCUT2D eigenvalue weighted by Gasteiger charge is -2.31. The molecular weight excluding hydrogens is 320 g/mol. The Balaban J connectivity index is 2.02. The fourth-order valence-electron chi connectivity index (χ4n) is 2.64. The molecule has 20 heavy (non-hydrogen) atoms. The summed E-state index contributed by atoms with van der Waals surface area (Å²) in [4.78, 5) is 14.4. The summed E-state index contributed by atoms with van der Waals surface area (Å²) >= 11 is 3.50. The summed E-state index contributed by atoms with van der Waals surface area (Å²) in [5.41, 5.74) is 1.50. The number of nitrogens with one attached hydrogen (secondary N) is 2. The average molecular weight is 343 g/mol. The van der Waals surface area contributed by atoms with Gasteiger partial charge in [0.15, 0.2) is 5.69 Å². The Morgan fingerprint density at radius 2 is 2.15 bits per heavy atom. The highest BCUT2D eigenvalue weighted by molar-refractivity contribution is 9.10. The Labute approximate surface area is 128 Å². The molecule has 0 radical (unpaired) electrons. The molecule has 1 aliphatic heterocycles. The number of halogens is 1. The number of carbonyl (C=O) groups excluding carboxylic acids is 1. The van der Waals surface area contributed by atoms with Gasteiger partial charge in [0.2, 0.25) is 0 Å². The zero-order valence-corrected chi connectivity index (χ0v) is 14.0. The zero-order valence-electron chi connectivity index (χ0n) is 12.4. The summed E-state index contributed by atoms with van der Waals surface area (Å²) in [5.74, 6) is 1.03. The van der Waals surface area contributed by atoms with Gasteiger partial charge in [-0.3, -0.25) is 9.89 Å².